The van der Waals surface area contributed by atoms with Crippen LogP contribution in [0.3, 0.4) is 0 Å². The third-order valence-electron chi connectivity index (χ3n) is 6.09. The average molecular weight is 501 g/mol. The molecule has 2 aliphatic rings. The molecule has 1 atom stereocenters. The third-order valence-corrected chi connectivity index (χ3v) is 6.09. The van der Waals surface area contributed by atoms with Crippen molar-refractivity contribution in [1.29, 1.82) is 0 Å². The number of aliphatic hydroxyl groups excluding tert-OH is 1. The van der Waals surface area contributed by atoms with Crippen LogP contribution in [0.15, 0.2) is 36.4 Å². The first kappa shape index (κ1) is 26.3. The van der Waals surface area contributed by atoms with Gasteiger partial charge in [0.25, 0.3) is 17.7 Å². The van der Waals surface area contributed by atoms with E-state index in [2.05, 4.69) is 21.4 Å². The van der Waals surface area contributed by atoms with Gasteiger partial charge < -0.3 is 26.8 Å². The summed E-state index contributed by atoms with van der Waals surface area (Å²) in [6.07, 6.45) is 3.34. The number of primary amides is 1. The number of amides is 7. The Hall–Kier alpha value is -4.26. The summed E-state index contributed by atoms with van der Waals surface area (Å²) in [7, 11) is 0. The molecule has 192 valence electrons. The van der Waals surface area contributed by atoms with Gasteiger partial charge in [-0.25, -0.2) is 4.79 Å². The number of benzene rings is 1. The van der Waals surface area contributed by atoms with Gasteiger partial charge in [0, 0.05) is 24.4 Å². The van der Waals surface area contributed by atoms with E-state index in [0.717, 1.165) is 12.2 Å². The second-order valence-corrected chi connectivity index (χ2v) is 8.53. The number of hydrogen-bond donors (Lipinski definition) is 6. The van der Waals surface area contributed by atoms with Crippen LogP contribution in [0.5, 0.6) is 0 Å². The maximum atomic E-state index is 13.2. The van der Waals surface area contributed by atoms with Crippen molar-refractivity contribution in [3.63, 3.8) is 0 Å². The van der Waals surface area contributed by atoms with Crippen molar-refractivity contribution in [2.24, 2.45) is 11.1 Å². The Bertz CT molecular complexity index is 1060. The standard InChI is InChI=1S/C23H28N6O7/c24-22(36)25-12-1-3-16(19(33)26-15-6-4-14(13-30)5-7-15)27-20(34)23(10-2-11-23)21(35)28-29-17(31)8-9-18(29)32/h4-9,16,30H,1-3,10-13H2,(H,26,33)(H,27,34)(H,28,35)(H3,24,25,36)/t16-/m0/s1. The van der Waals surface area contributed by atoms with Gasteiger partial charge >= 0.3 is 6.03 Å². The van der Waals surface area contributed by atoms with Crippen molar-refractivity contribution in [1.82, 2.24) is 21.1 Å². The molecular weight excluding hydrogens is 472 g/mol. The van der Waals surface area contributed by atoms with Crippen molar-refractivity contribution in [2.75, 3.05) is 11.9 Å². The molecule has 3 rings (SSSR count). The molecule has 1 fully saturated rings. The molecular formula is C23H28N6O7. The van der Waals surface area contributed by atoms with E-state index in [0.29, 0.717) is 29.1 Å². The molecule has 13 heteroatoms. The number of anilines is 1. The Balaban J connectivity index is 1.70. The molecule has 13 nitrogen and oxygen atoms in total. The van der Waals surface area contributed by atoms with E-state index in [1.165, 1.54) is 0 Å². The highest BCUT2D eigenvalue weighted by Crippen LogP contribution is 2.41. The van der Waals surface area contributed by atoms with Crippen LogP contribution in [-0.2, 0) is 30.6 Å². The van der Waals surface area contributed by atoms with Gasteiger partial charge in [0.05, 0.1) is 6.61 Å². The SMILES string of the molecule is NC(=O)NCCC[C@H](NC(=O)C1(C(=O)NN2C(=O)C=CC2=O)CCC1)C(=O)Nc1ccc(CO)cc1. The number of hydrazine groups is 1. The number of carbonyl (C=O) groups excluding carboxylic acids is 6. The van der Waals surface area contributed by atoms with E-state index in [1.54, 1.807) is 24.3 Å². The van der Waals surface area contributed by atoms with E-state index >= 15 is 0 Å². The fourth-order valence-electron chi connectivity index (χ4n) is 3.81. The summed E-state index contributed by atoms with van der Waals surface area (Å²) in [5, 5.41) is 17.4. The third kappa shape index (κ3) is 6.05. The average Bonchev–Trinajstić information content (AvgIpc) is 3.12. The number of nitrogens with zero attached hydrogens (tertiary/aromatic N) is 1. The number of carbonyl (C=O) groups is 6. The normalized spacial score (nSPS) is 16.6. The molecule has 7 N–H and O–H groups in total. The quantitative estimate of drug-likeness (QED) is 0.129. The lowest BCUT2D eigenvalue weighted by Gasteiger charge is -2.39. The van der Waals surface area contributed by atoms with E-state index < -0.39 is 47.0 Å². The lowest BCUT2D eigenvalue weighted by Crippen LogP contribution is -2.61. The van der Waals surface area contributed by atoms with E-state index in [9.17, 15) is 33.9 Å². The minimum absolute atomic E-state index is 0.122. The number of hydrogen-bond acceptors (Lipinski definition) is 7. The summed E-state index contributed by atoms with van der Waals surface area (Å²) >= 11 is 0. The topological polar surface area (TPSA) is 200 Å². The molecule has 1 saturated carbocycles. The van der Waals surface area contributed by atoms with Gasteiger partial charge in [-0.05, 0) is 43.4 Å². The number of imide groups is 1. The molecule has 36 heavy (non-hydrogen) atoms. The second kappa shape index (κ2) is 11.4. The molecule has 1 aliphatic carbocycles. The maximum absolute atomic E-state index is 13.2. The van der Waals surface area contributed by atoms with Gasteiger partial charge in [-0.15, -0.1) is 0 Å². The largest absolute Gasteiger partial charge is 0.392 e. The monoisotopic (exact) mass is 500 g/mol. The molecule has 0 bridgehead atoms. The number of nitrogens with two attached hydrogens (primary N) is 1. The van der Waals surface area contributed by atoms with Crippen molar-refractivity contribution >= 4 is 41.3 Å². The van der Waals surface area contributed by atoms with Crippen LogP contribution in [0.1, 0.15) is 37.7 Å². The Morgan fingerprint density at radius 2 is 1.67 bits per heavy atom. The summed E-state index contributed by atoms with van der Waals surface area (Å²) in [6, 6.07) is 4.65. The first-order chi connectivity index (χ1) is 17.2. The molecule has 0 radical (unpaired) electrons. The summed E-state index contributed by atoms with van der Waals surface area (Å²) in [5.74, 6) is -3.53. The van der Waals surface area contributed by atoms with E-state index in [4.69, 9.17) is 5.73 Å². The van der Waals surface area contributed by atoms with Gasteiger partial charge in [0.15, 0.2) is 0 Å². The molecule has 7 amide bonds. The van der Waals surface area contributed by atoms with Crippen LogP contribution in [-0.4, -0.2) is 58.3 Å². The zero-order valence-corrected chi connectivity index (χ0v) is 19.4. The second-order valence-electron chi connectivity index (χ2n) is 8.53. The smallest absolute Gasteiger partial charge is 0.312 e. The van der Waals surface area contributed by atoms with Crippen LogP contribution in [0.2, 0.25) is 0 Å². The molecule has 0 spiro atoms. The Kier molecular flexibility index (Phi) is 8.38. The van der Waals surface area contributed by atoms with Crippen LogP contribution < -0.4 is 27.1 Å². The van der Waals surface area contributed by atoms with E-state index in [1.807, 2.05) is 0 Å². The Labute approximate surface area is 206 Å². The fraction of sp³-hybridized carbons (Fsp3) is 0.391. The minimum atomic E-state index is -1.55. The summed E-state index contributed by atoms with van der Waals surface area (Å²) in [6.45, 7) is 0.00654. The van der Waals surface area contributed by atoms with Crippen molar-refractivity contribution in [2.45, 2.75) is 44.8 Å². The predicted octanol–water partition coefficient (Wildman–Crippen LogP) is -0.823. The lowest BCUT2D eigenvalue weighted by atomic mass is 9.67. The highest BCUT2D eigenvalue weighted by molar-refractivity contribution is 6.15. The van der Waals surface area contributed by atoms with Gasteiger partial charge in [-0.3, -0.25) is 29.4 Å². The van der Waals surface area contributed by atoms with Gasteiger partial charge in [-0.1, -0.05) is 18.6 Å². The molecule has 0 unspecified atom stereocenters. The first-order valence-electron chi connectivity index (χ1n) is 11.4. The van der Waals surface area contributed by atoms with Crippen LogP contribution in [0.4, 0.5) is 10.5 Å². The highest BCUT2D eigenvalue weighted by Gasteiger charge is 2.52. The fourth-order valence-corrected chi connectivity index (χ4v) is 3.81. The maximum Gasteiger partial charge on any atom is 0.312 e. The van der Waals surface area contributed by atoms with Crippen molar-refractivity contribution in [3.8, 4) is 0 Å². The molecule has 1 aromatic rings. The number of nitrogens with one attached hydrogen (secondary N) is 4. The molecule has 1 aliphatic heterocycles. The predicted molar refractivity (Wildman–Crippen MR) is 125 cm³/mol. The highest BCUT2D eigenvalue weighted by atomic mass is 16.3. The number of aliphatic hydroxyl groups is 1. The number of urea groups is 1. The van der Waals surface area contributed by atoms with Crippen LogP contribution >= 0.6 is 0 Å². The van der Waals surface area contributed by atoms with Crippen molar-refractivity contribution < 1.29 is 33.9 Å². The van der Waals surface area contributed by atoms with E-state index in [-0.39, 0.29) is 32.4 Å². The number of rotatable bonds is 11. The van der Waals surface area contributed by atoms with Gasteiger partial charge in [0.2, 0.25) is 11.8 Å². The van der Waals surface area contributed by atoms with Crippen LogP contribution in [0, 0.1) is 5.41 Å². The van der Waals surface area contributed by atoms with Gasteiger partial charge in [-0.2, -0.15) is 5.01 Å². The summed E-state index contributed by atoms with van der Waals surface area (Å²) < 4.78 is 0. The molecule has 1 heterocycles. The van der Waals surface area contributed by atoms with Crippen molar-refractivity contribution in [3.05, 3.63) is 42.0 Å². The zero-order chi connectivity index (χ0) is 26.3. The summed E-state index contributed by atoms with van der Waals surface area (Å²) in [4.78, 5) is 73.7. The molecule has 0 aromatic heterocycles. The molecule has 1 aromatic carbocycles. The Morgan fingerprint density at radius 1 is 1.03 bits per heavy atom. The Morgan fingerprint density at radius 3 is 2.19 bits per heavy atom. The zero-order valence-electron chi connectivity index (χ0n) is 19.4. The summed E-state index contributed by atoms with van der Waals surface area (Å²) in [5.41, 5.74) is 6.81. The minimum Gasteiger partial charge on any atom is -0.392 e. The van der Waals surface area contributed by atoms with Crippen LogP contribution in [0.25, 0.3) is 0 Å². The molecule has 0 saturated heterocycles. The lowest BCUT2D eigenvalue weighted by molar-refractivity contribution is -0.159. The van der Waals surface area contributed by atoms with Gasteiger partial charge in [0.1, 0.15) is 11.5 Å². The first-order valence-corrected chi connectivity index (χ1v) is 11.4.